The molecule has 0 spiro atoms. The Morgan fingerprint density at radius 1 is 1.41 bits per heavy atom. The second kappa shape index (κ2) is 6.82. The molecule has 17 heavy (non-hydrogen) atoms. The molecule has 1 aromatic rings. The molecule has 0 saturated carbocycles. The molecular weight excluding hydrogens is 224 g/mol. The Balaban J connectivity index is 2.72. The first kappa shape index (κ1) is 13.4. The van der Waals surface area contributed by atoms with E-state index in [1.54, 1.807) is 20.3 Å². The van der Waals surface area contributed by atoms with E-state index in [2.05, 4.69) is 5.32 Å². The zero-order chi connectivity index (χ0) is 12.7. The summed E-state index contributed by atoms with van der Waals surface area (Å²) in [5, 5.41) is 13.8. The van der Waals surface area contributed by atoms with Crippen LogP contribution in [-0.4, -0.2) is 32.3 Å². The molecule has 6 heteroatoms. The summed E-state index contributed by atoms with van der Waals surface area (Å²) >= 11 is 0. The molecule has 1 aromatic carbocycles. The minimum Gasteiger partial charge on any atom is -0.496 e. The number of rotatable bonds is 7. The quantitative estimate of drug-likeness (QED) is 0.442. The van der Waals surface area contributed by atoms with E-state index in [1.807, 2.05) is 0 Å². The van der Waals surface area contributed by atoms with Crippen LogP contribution in [-0.2, 0) is 11.3 Å². The number of methoxy groups -OCH3 is 2. The van der Waals surface area contributed by atoms with E-state index in [9.17, 15) is 10.1 Å². The van der Waals surface area contributed by atoms with Crippen molar-refractivity contribution in [3.63, 3.8) is 0 Å². The van der Waals surface area contributed by atoms with Gasteiger partial charge in [0.05, 0.1) is 18.6 Å². The van der Waals surface area contributed by atoms with Crippen LogP contribution in [0.3, 0.4) is 0 Å². The minimum absolute atomic E-state index is 0.0642. The first-order valence-electron chi connectivity index (χ1n) is 5.20. The van der Waals surface area contributed by atoms with Crippen molar-refractivity contribution in [1.82, 2.24) is 5.32 Å². The summed E-state index contributed by atoms with van der Waals surface area (Å²) in [5.74, 6) is 0.639. The van der Waals surface area contributed by atoms with Gasteiger partial charge in [0.2, 0.25) is 0 Å². The standard InChI is InChI=1S/C11H16N2O4/c1-16-6-5-12-8-9-7-10(13(14)15)3-4-11(9)17-2/h3-4,7,12H,5-6,8H2,1-2H3. The number of hydrogen-bond acceptors (Lipinski definition) is 5. The summed E-state index contributed by atoms with van der Waals surface area (Å²) in [5.41, 5.74) is 0.826. The maximum absolute atomic E-state index is 10.7. The third-order valence-corrected chi connectivity index (χ3v) is 2.27. The van der Waals surface area contributed by atoms with Crippen LogP contribution in [0.15, 0.2) is 18.2 Å². The van der Waals surface area contributed by atoms with Gasteiger partial charge in [-0.2, -0.15) is 0 Å². The van der Waals surface area contributed by atoms with Gasteiger partial charge in [0.15, 0.2) is 0 Å². The number of nitrogens with one attached hydrogen (secondary N) is 1. The molecule has 0 saturated heterocycles. The summed E-state index contributed by atoms with van der Waals surface area (Å²) in [4.78, 5) is 10.2. The van der Waals surface area contributed by atoms with Crippen LogP contribution in [0.2, 0.25) is 0 Å². The van der Waals surface area contributed by atoms with Gasteiger partial charge < -0.3 is 14.8 Å². The number of ether oxygens (including phenoxy) is 2. The van der Waals surface area contributed by atoms with E-state index in [-0.39, 0.29) is 5.69 Å². The molecule has 0 heterocycles. The maximum atomic E-state index is 10.7. The molecular formula is C11H16N2O4. The lowest BCUT2D eigenvalue weighted by Crippen LogP contribution is -2.19. The Kier molecular flexibility index (Phi) is 5.38. The number of hydrogen-bond donors (Lipinski definition) is 1. The predicted molar refractivity (Wildman–Crippen MR) is 63.2 cm³/mol. The van der Waals surface area contributed by atoms with Crippen molar-refractivity contribution in [3.05, 3.63) is 33.9 Å². The fourth-order valence-electron chi connectivity index (χ4n) is 1.41. The molecule has 0 aliphatic heterocycles. The smallest absolute Gasteiger partial charge is 0.270 e. The largest absolute Gasteiger partial charge is 0.496 e. The normalized spacial score (nSPS) is 10.2. The molecule has 6 nitrogen and oxygen atoms in total. The molecule has 0 radical (unpaired) electrons. The second-order valence-electron chi connectivity index (χ2n) is 3.42. The van der Waals surface area contributed by atoms with Crippen LogP contribution in [0.4, 0.5) is 5.69 Å². The van der Waals surface area contributed by atoms with Gasteiger partial charge in [-0.25, -0.2) is 0 Å². The summed E-state index contributed by atoms with van der Waals surface area (Å²) in [6, 6.07) is 4.54. The van der Waals surface area contributed by atoms with Gasteiger partial charge in [-0.1, -0.05) is 0 Å². The van der Waals surface area contributed by atoms with Crippen LogP contribution in [0, 0.1) is 10.1 Å². The summed E-state index contributed by atoms with van der Waals surface area (Å²) in [6.45, 7) is 1.79. The van der Waals surface area contributed by atoms with Crippen molar-refractivity contribution in [2.24, 2.45) is 0 Å². The molecule has 0 aromatic heterocycles. The lowest BCUT2D eigenvalue weighted by atomic mass is 10.1. The van der Waals surface area contributed by atoms with E-state index >= 15 is 0 Å². The predicted octanol–water partition coefficient (Wildman–Crippen LogP) is 1.34. The third-order valence-electron chi connectivity index (χ3n) is 2.27. The van der Waals surface area contributed by atoms with Crippen molar-refractivity contribution < 1.29 is 14.4 Å². The van der Waals surface area contributed by atoms with Gasteiger partial charge >= 0.3 is 0 Å². The zero-order valence-corrected chi connectivity index (χ0v) is 9.93. The SMILES string of the molecule is COCCNCc1cc([N+](=O)[O-])ccc1OC. The summed E-state index contributed by atoms with van der Waals surface area (Å²) < 4.78 is 10.0. The molecule has 0 bridgehead atoms. The van der Waals surface area contributed by atoms with Crippen LogP contribution >= 0.6 is 0 Å². The minimum atomic E-state index is -0.419. The Labute approximate surface area is 99.7 Å². The van der Waals surface area contributed by atoms with E-state index in [0.717, 1.165) is 5.56 Å². The van der Waals surface area contributed by atoms with Gasteiger partial charge in [0.25, 0.3) is 5.69 Å². The highest BCUT2D eigenvalue weighted by atomic mass is 16.6. The first-order chi connectivity index (χ1) is 8.19. The van der Waals surface area contributed by atoms with E-state index in [0.29, 0.717) is 25.4 Å². The molecule has 0 unspecified atom stereocenters. The van der Waals surface area contributed by atoms with Crippen LogP contribution in [0.25, 0.3) is 0 Å². The topological polar surface area (TPSA) is 73.6 Å². The van der Waals surface area contributed by atoms with E-state index in [1.165, 1.54) is 12.1 Å². The van der Waals surface area contributed by atoms with Crippen molar-refractivity contribution in [2.45, 2.75) is 6.54 Å². The molecule has 1 N–H and O–H groups in total. The molecule has 0 atom stereocenters. The maximum Gasteiger partial charge on any atom is 0.270 e. The highest BCUT2D eigenvalue weighted by Gasteiger charge is 2.10. The average molecular weight is 240 g/mol. The number of nitro groups is 1. The third kappa shape index (κ3) is 4.01. The second-order valence-corrected chi connectivity index (χ2v) is 3.42. The highest BCUT2D eigenvalue weighted by molar-refractivity contribution is 5.43. The Morgan fingerprint density at radius 3 is 2.76 bits per heavy atom. The monoisotopic (exact) mass is 240 g/mol. The Morgan fingerprint density at radius 2 is 2.18 bits per heavy atom. The van der Waals surface area contributed by atoms with Crippen LogP contribution in [0.5, 0.6) is 5.75 Å². The van der Waals surface area contributed by atoms with Crippen molar-refractivity contribution in [2.75, 3.05) is 27.4 Å². The van der Waals surface area contributed by atoms with Crippen LogP contribution < -0.4 is 10.1 Å². The van der Waals surface area contributed by atoms with E-state index < -0.39 is 4.92 Å². The summed E-state index contributed by atoms with van der Waals surface area (Å²) in [7, 11) is 3.16. The number of benzene rings is 1. The van der Waals surface area contributed by atoms with Gasteiger partial charge in [0, 0.05) is 37.9 Å². The number of nitro benzene ring substituents is 1. The molecule has 0 aliphatic carbocycles. The molecule has 0 amide bonds. The fraction of sp³-hybridized carbons (Fsp3) is 0.455. The number of non-ortho nitro benzene ring substituents is 1. The average Bonchev–Trinajstić information content (AvgIpc) is 2.34. The number of nitrogens with zero attached hydrogens (tertiary/aromatic N) is 1. The summed E-state index contributed by atoms with van der Waals surface area (Å²) in [6.07, 6.45) is 0. The lowest BCUT2D eigenvalue weighted by molar-refractivity contribution is -0.384. The molecule has 0 fully saturated rings. The fourth-order valence-corrected chi connectivity index (χ4v) is 1.41. The molecule has 0 aliphatic rings. The first-order valence-corrected chi connectivity index (χ1v) is 5.20. The van der Waals surface area contributed by atoms with Gasteiger partial charge in [0.1, 0.15) is 5.75 Å². The molecule has 94 valence electrons. The Bertz CT molecular complexity index is 382. The van der Waals surface area contributed by atoms with Gasteiger partial charge in [-0.05, 0) is 6.07 Å². The lowest BCUT2D eigenvalue weighted by Gasteiger charge is -2.09. The Hall–Kier alpha value is -1.66. The molecule has 1 rings (SSSR count). The van der Waals surface area contributed by atoms with Crippen LogP contribution in [0.1, 0.15) is 5.56 Å². The van der Waals surface area contributed by atoms with Crippen molar-refractivity contribution in [3.8, 4) is 5.75 Å². The van der Waals surface area contributed by atoms with E-state index in [4.69, 9.17) is 9.47 Å². The van der Waals surface area contributed by atoms with Crippen molar-refractivity contribution in [1.29, 1.82) is 0 Å². The van der Waals surface area contributed by atoms with Gasteiger partial charge in [-0.15, -0.1) is 0 Å². The van der Waals surface area contributed by atoms with Gasteiger partial charge in [-0.3, -0.25) is 10.1 Å². The highest BCUT2D eigenvalue weighted by Crippen LogP contribution is 2.23. The zero-order valence-electron chi connectivity index (χ0n) is 9.93. The van der Waals surface area contributed by atoms with Crippen molar-refractivity contribution >= 4 is 5.69 Å².